The molecule has 1 atom stereocenters. The number of sulfone groups is 1. The van der Waals surface area contributed by atoms with Crippen molar-refractivity contribution < 1.29 is 13.2 Å². The van der Waals surface area contributed by atoms with Gasteiger partial charge in [-0.3, -0.25) is 4.79 Å². The van der Waals surface area contributed by atoms with Crippen molar-refractivity contribution in [2.45, 2.75) is 43.4 Å². The number of nitrogens with one attached hydrogen (secondary N) is 1. The van der Waals surface area contributed by atoms with E-state index in [0.717, 1.165) is 5.56 Å². The van der Waals surface area contributed by atoms with Crippen LogP contribution in [0, 0.1) is 12.8 Å². The smallest absolute Gasteiger partial charge is 0.256 e. The lowest BCUT2D eigenvalue weighted by atomic mass is 10.1. The van der Waals surface area contributed by atoms with E-state index in [1.54, 1.807) is 60.8 Å². The summed E-state index contributed by atoms with van der Waals surface area (Å²) in [5.41, 5.74) is 2.12. The first kappa shape index (κ1) is 20.3. The quantitative estimate of drug-likeness (QED) is 0.611. The molecule has 6 nitrogen and oxygen atoms in total. The third kappa shape index (κ3) is 4.46. The Labute approximate surface area is 176 Å². The number of rotatable bonds is 7. The Bertz CT molecular complexity index is 1150. The van der Waals surface area contributed by atoms with Crippen LogP contribution in [-0.4, -0.2) is 24.1 Å². The van der Waals surface area contributed by atoms with Gasteiger partial charge in [-0.05, 0) is 62.4 Å². The Morgan fingerprint density at radius 1 is 1.10 bits per heavy atom. The van der Waals surface area contributed by atoms with Crippen LogP contribution in [0.5, 0.6) is 0 Å². The number of carbonyl (C=O) groups is 1. The summed E-state index contributed by atoms with van der Waals surface area (Å²) < 4.78 is 27.1. The van der Waals surface area contributed by atoms with Crippen LogP contribution >= 0.6 is 0 Å². The van der Waals surface area contributed by atoms with E-state index in [1.807, 2.05) is 11.6 Å². The summed E-state index contributed by atoms with van der Waals surface area (Å²) in [6.45, 7) is 4.03. The minimum Gasteiger partial charge on any atom is -0.307 e. The Morgan fingerprint density at radius 2 is 1.77 bits per heavy atom. The first-order valence-electron chi connectivity index (χ1n) is 10.1. The third-order valence-corrected chi connectivity index (χ3v) is 7.26. The maximum Gasteiger partial charge on any atom is 0.256 e. The first-order valence-corrected chi connectivity index (χ1v) is 11.7. The molecule has 0 aliphatic heterocycles. The highest BCUT2D eigenvalue weighted by molar-refractivity contribution is 7.90. The van der Waals surface area contributed by atoms with Crippen LogP contribution < -0.4 is 5.32 Å². The second-order valence-electron chi connectivity index (χ2n) is 7.96. The minimum atomic E-state index is -3.43. The summed E-state index contributed by atoms with van der Waals surface area (Å²) >= 11 is 0. The maximum absolute atomic E-state index is 12.7. The molecular weight excluding hydrogens is 398 g/mol. The van der Waals surface area contributed by atoms with Crippen molar-refractivity contribution in [2.24, 2.45) is 5.92 Å². The van der Waals surface area contributed by atoms with Gasteiger partial charge in [0.2, 0.25) is 0 Å². The molecule has 1 aliphatic rings. The molecule has 30 heavy (non-hydrogen) atoms. The van der Waals surface area contributed by atoms with Crippen LogP contribution in [0.4, 0.5) is 5.82 Å². The molecule has 1 unspecified atom stereocenters. The molecule has 7 heteroatoms. The minimum absolute atomic E-state index is 0.108. The van der Waals surface area contributed by atoms with Gasteiger partial charge in [-0.25, -0.2) is 13.1 Å². The van der Waals surface area contributed by atoms with Crippen molar-refractivity contribution in [3.05, 3.63) is 77.5 Å². The van der Waals surface area contributed by atoms with Gasteiger partial charge in [0.25, 0.3) is 5.91 Å². The van der Waals surface area contributed by atoms with E-state index in [1.165, 1.54) is 12.8 Å². The molecule has 1 aromatic heterocycles. The van der Waals surface area contributed by atoms with E-state index in [4.69, 9.17) is 0 Å². The normalized spacial score (nSPS) is 15.0. The molecule has 156 valence electrons. The topological polar surface area (TPSA) is 81.1 Å². The van der Waals surface area contributed by atoms with Crippen LogP contribution in [0.1, 0.15) is 47.3 Å². The summed E-state index contributed by atoms with van der Waals surface area (Å²) in [6, 6.07) is 15.5. The zero-order valence-electron chi connectivity index (χ0n) is 17.1. The molecule has 1 heterocycles. The second kappa shape index (κ2) is 8.07. The number of aromatic nitrogens is 2. The van der Waals surface area contributed by atoms with Gasteiger partial charge < -0.3 is 5.32 Å². The number of nitrogens with zero attached hydrogens (tertiary/aromatic N) is 2. The molecule has 0 bridgehead atoms. The van der Waals surface area contributed by atoms with Crippen molar-refractivity contribution in [3.63, 3.8) is 0 Å². The number of aryl methyl sites for hydroxylation is 1. The molecule has 1 amide bonds. The van der Waals surface area contributed by atoms with Gasteiger partial charge in [0, 0.05) is 11.6 Å². The van der Waals surface area contributed by atoms with Crippen molar-refractivity contribution in [1.29, 1.82) is 0 Å². The van der Waals surface area contributed by atoms with Crippen molar-refractivity contribution in [3.8, 4) is 0 Å². The van der Waals surface area contributed by atoms with Crippen LogP contribution in [0.25, 0.3) is 0 Å². The second-order valence-corrected chi connectivity index (χ2v) is 9.95. The Morgan fingerprint density at radius 3 is 2.40 bits per heavy atom. The van der Waals surface area contributed by atoms with Crippen LogP contribution in [0.15, 0.2) is 65.7 Å². The molecule has 0 spiro atoms. The predicted octanol–water partition coefficient (Wildman–Crippen LogP) is 4.39. The molecule has 1 N–H and O–H groups in total. The fourth-order valence-corrected chi connectivity index (χ4v) is 4.85. The van der Waals surface area contributed by atoms with Gasteiger partial charge >= 0.3 is 0 Å². The van der Waals surface area contributed by atoms with Gasteiger partial charge in [-0.1, -0.05) is 29.8 Å². The highest BCUT2D eigenvalue weighted by Gasteiger charge is 2.30. The maximum atomic E-state index is 12.7. The number of amides is 1. The number of benzene rings is 2. The molecule has 1 saturated carbocycles. The fourth-order valence-electron chi connectivity index (χ4n) is 3.51. The van der Waals surface area contributed by atoms with Crippen LogP contribution in [0.3, 0.4) is 0 Å². The number of anilines is 1. The number of carbonyl (C=O) groups excluding carboxylic acids is 1. The highest BCUT2D eigenvalue weighted by Crippen LogP contribution is 2.40. The van der Waals surface area contributed by atoms with Gasteiger partial charge in [0.05, 0.1) is 22.9 Å². The largest absolute Gasteiger partial charge is 0.307 e. The average molecular weight is 424 g/mol. The first-order chi connectivity index (χ1) is 14.3. The summed E-state index contributed by atoms with van der Waals surface area (Å²) in [4.78, 5) is 13.0. The van der Waals surface area contributed by atoms with Crippen molar-refractivity contribution >= 4 is 21.6 Å². The standard InChI is InChI=1S/C23H25N3O3S/c1-16-3-11-21(12-4-16)30(28,29)15-18-5-7-20(8-6-18)23(27)25-22-13-14-24-26(22)17(2)19-9-10-19/h3-8,11-14,17,19H,9-10,15H2,1-2H3,(H,25,27). The lowest BCUT2D eigenvalue weighted by Gasteiger charge is -2.15. The van der Waals surface area contributed by atoms with Crippen molar-refractivity contribution in [1.82, 2.24) is 9.78 Å². The number of hydrogen-bond donors (Lipinski definition) is 1. The van der Waals surface area contributed by atoms with Crippen LogP contribution in [-0.2, 0) is 15.6 Å². The van der Waals surface area contributed by atoms with E-state index in [0.29, 0.717) is 27.8 Å². The van der Waals surface area contributed by atoms with E-state index in [2.05, 4.69) is 17.3 Å². The molecule has 1 aliphatic carbocycles. The molecule has 3 aromatic rings. The highest BCUT2D eigenvalue weighted by atomic mass is 32.2. The Balaban J connectivity index is 1.44. The zero-order chi connectivity index (χ0) is 21.3. The van der Waals surface area contributed by atoms with E-state index >= 15 is 0 Å². The van der Waals surface area contributed by atoms with Gasteiger partial charge in [0.15, 0.2) is 9.84 Å². The molecule has 4 rings (SSSR count). The summed E-state index contributed by atoms with van der Waals surface area (Å²) in [7, 11) is -3.43. The summed E-state index contributed by atoms with van der Waals surface area (Å²) in [5, 5.41) is 7.26. The van der Waals surface area contributed by atoms with E-state index < -0.39 is 9.84 Å². The fraction of sp³-hybridized carbons (Fsp3) is 0.304. The SMILES string of the molecule is Cc1ccc(S(=O)(=O)Cc2ccc(C(=O)Nc3ccnn3C(C)C3CC3)cc2)cc1. The summed E-state index contributed by atoms with van der Waals surface area (Å²) in [5.74, 6) is 0.942. The molecular formula is C23H25N3O3S. The monoisotopic (exact) mass is 423 g/mol. The van der Waals surface area contributed by atoms with Gasteiger partial charge in [-0.2, -0.15) is 5.10 Å². The lowest BCUT2D eigenvalue weighted by molar-refractivity contribution is 0.102. The lowest BCUT2D eigenvalue weighted by Crippen LogP contribution is -2.18. The van der Waals surface area contributed by atoms with Gasteiger partial charge in [0.1, 0.15) is 5.82 Å². The van der Waals surface area contributed by atoms with E-state index in [-0.39, 0.29) is 17.7 Å². The Hall–Kier alpha value is -2.93. The average Bonchev–Trinajstić information content (AvgIpc) is 3.47. The predicted molar refractivity (Wildman–Crippen MR) is 116 cm³/mol. The number of hydrogen-bond acceptors (Lipinski definition) is 4. The van der Waals surface area contributed by atoms with E-state index in [9.17, 15) is 13.2 Å². The Kier molecular flexibility index (Phi) is 5.47. The molecule has 0 saturated heterocycles. The van der Waals surface area contributed by atoms with Gasteiger partial charge in [-0.15, -0.1) is 0 Å². The molecule has 0 radical (unpaired) electrons. The van der Waals surface area contributed by atoms with Crippen molar-refractivity contribution in [2.75, 3.05) is 5.32 Å². The third-order valence-electron chi connectivity index (χ3n) is 5.55. The molecule has 1 fully saturated rings. The van der Waals surface area contributed by atoms with Crippen LogP contribution in [0.2, 0.25) is 0 Å². The molecule has 2 aromatic carbocycles. The summed E-state index contributed by atoms with van der Waals surface area (Å²) in [6.07, 6.45) is 4.08. The zero-order valence-corrected chi connectivity index (χ0v) is 17.9.